The Morgan fingerprint density at radius 2 is 2.56 bits per heavy atom. The molecule has 0 spiro atoms. The maximum atomic E-state index is 3.89. The lowest BCUT2D eigenvalue weighted by Gasteiger charge is -1.92. The topological polar surface area (TPSA) is 12.0 Å². The third-order valence-electron chi connectivity index (χ3n) is 1.06. The minimum Gasteiger partial charge on any atom is -0.266 e. The highest BCUT2D eigenvalue weighted by molar-refractivity contribution is 7.78. The number of thiophene rings is 1. The smallest absolute Gasteiger partial charge is 0.0105 e. The highest BCUT2D eigenvalue weighted by Crippen LogP contribution is 2.07. The summed E-state index contributed by atoms with van der Waals surface area (Å²) >= 11 is 5.68. The fourth-order valence-electron chi connectivity index (χ4n) is 0.634. The van der Waals surface area contributed by atoms with Crippen molar-refractivity contribution < 1.29 is 0 Å². The molecule has 0 aliphatic carbocycles. The van der Waals surface area contributed by atoms with Crippen LogP contribution in [-0.2, 0) is 6.42 Å². The first-order valence-electron chi connectivity index (χ1n) is 2.83. The van der Waals surface area contributed by atoms with Crippen molar-refractivity contribution in [2.45, 2.75) is 6.42 Å². The van der Waals surface area contributed by atoms with Crippen molar-refractivity contribution in [3.63, 3.8) is 0 Å². The van der Waals surface area contributed by atoms with Crippen LogP contribution in [0.2, 0.25) is 0 Å². The largest absolute Gasteiger partial charge is 0.266 e. The molecule has 0 aliphatic heterocycles. The van der Waals surface area contributed by atoms with E-state index in [-0.39, 0.29) is 0 Å². The maximum absolute atomic E-state index is 3.89. The minimum absolute atomic E-state index is 0.948. The van der Waals surface area contributed by atoms with Crippen molar-refractivity contribution in [1.29, 1.82) is 0 Å². The van der Waals surface area contributed by atoms with Gasteiger partial charge in [-0.2, -0.15) is 0 Å². The second-order valence-corrected chi connectivity index (χ2v) is 3.09. The molecule has 0 aliphatic rings. The molecule has 1 aromatic rings. The Morgan fingerprint density at radius 1 is 1.67 bits per heavy atom. The van der Waals surface area contributed by atoms with Gasteiger partial charge in [0.05, 0.1) is 0 Å². The Hall–Kier alpha value is 0.01000. The average Bonchev–Trinajstić information content (AvgIpc) is 2.34. The van der Waals surface area contributed by atoms with E-state index in [1.54, 1.807) is 11.3 Å². The van der Waals surface area contributed by atoms with E-state index in [4.69, 9.17) is 0 Å². The fraction of sp³-hybridized carbons (Fsp3) is 0.333. The van der Waals surface area contributed by atoms with Crippen LogP contribution in [0.1, 0.15) is 4.88 Å². The van der Waals surface area contributed by atoms with Gasteiger partial charge in [0.15, 0.2) is 0 Å². The number of thiol groups is 1. The van der Waals surface area contributed by atoms with Crippen LogP contribution in [-0.4, -0.2) is 6.54 Å². The molecule has 0 fully saturated rings. The van der Waals surface area contributed by atoms with E-state index >= 15 is 0 Å². The van der Waals surface area contributed by atoms with Crippen molar-refractivity contribution in [2.75, 3.05) is 6.54 Å². The normalized spacial score (nSPS) is 9.89. The first-order valence-corrected chi connectivity index (χ1v) is 4.15. The molecule has 0 unspecified atom stereocenters. The second kappa shape index (κ2) is 3.93. The van der Waals surface area contributed by atoms with Gasteiger partial charge in [-0.15, -0.1) is 11.3 Å². The Kier molecular flexibility index (Phi) is 3.11. The van der Waals surface area contributed by atoms with E-state index in [9.17, 15) is 0 Å². The molecule has 50 valence electrons. The monoisotopic (exact) mass is 159 g/mol. The molecule has 0 radical (unpaired) electrons. The summed E-state index contributed by atoms with van der Waals surface area (Å²) in [6.07, 6.45) is 1.08. The van der Waals surface area contributed by atoms with E-state index in [0.29, 0.717) is 0 Å². The van der Waals surface area contributed by atoms with E-state index in [1.807, 2.05) is 0 Å². The minimum atomic E-state index is 0.948. The van der Waals surface area contributed by atoms with Gasteiger partial charge < -0.3 is 0 Å². The predicted octanol–water partition coefficient (Wildman–Crippen LogP) is 1.72. The fourth-order valence-corrected chi connectivity index (χ4v) is 1.45. The molecule has 0 amide bonds. The lowest BCUT2D eigenvalue weighted by Crippen LogP contribution is -2.02. The first kappa shape index (κ1) is 7.12. The molecular formula is C6H9NS2. The number of rotatable bonds is 3. The molecule has 0 atom stereocenters. The molecule has 0 saturated carbocycles. The molecule has 3 heteroatoms. The van der Waals surface area contributed by atoms with Crippen LogP contribution < -0.4 is 4.72 Å². The lowest BCUT2D eigenvalue weighted by atomic mass is 10.3. The Labute approximate surface area is 64.6 Å². The molecule has 1 aromatic heterocycles. The van der Waals surface area contributed by atoms with Gasteiger partial charge >= 0.3 is 0 Å². The molecular weight excluding hydrogens is 150 g/mol. The summed E-state index contributed by atoms with van der Waals surface area (Å²) < 4.78 is 2.81. The number of nitrogens with one attached hydrogen (secondary N) is 1. The third kappa shape index (κ3) is 2.39. The molecule has 0 aromatic carbocycles. The summed E-state index contributed by atoms with van der Waals surface area (Å²) in [5.74, 6) is 0. The van der Waals surface area contributed by atoms with Crippen LogP contribution in [0.3, 0.4) is 0 Å². The van der Waals surface area contributed by atoms with Crippen LogP contribution in [0, 0.1) is 0 Å². The van der Waals surface area contributed by atoms with E-state index < -0.39 is 0 Å². The molecule has 1 rings (SSSR count). The van der Waals surface area contributed by atoms with Crippen molar-refractivity contribution in [3.8, 4) is 0 Å². The molecule has 1 nitrogen and oxygen atoms in total. The Morgan fingerprint density at radius 3 is 3.11 bits per heavy atom. The van der Waals surface area contributed by atoms with Gasteiger partial charge in [0, 0.05) is 11.4 Å². The van der Waals surface area contributed by atoms with Gasteiger partial charge in [0.25, 0.3) is 0 Å². The van der Waals surface area contributed by atoms with Crippen LogP contribution in [0.5, 0.6) is 0 Å². The third-order valence-corrected chi connectivity index (χ3v) is 2.22. The summed E-state index contributed by atoms with van der Waals surface area (Å²) in [6.45, 7) is 0.948. The standard InChI is InChI=1S/C6H9NS2/c8-7-4-3-6-2-1-5-9-6/h1-2,5,7-8H,3-4H2. The second-order valence-electron chi connectivity index (χ2n) is 1.74. The summed E-state index contributed by atoms with van der Waals surface area (Å²) in [7, 11) is 0. The van der Waals surface area contributed by atoms with Crippen molar-refractivity contribution >= 4 is 24.2 Å². The van der Waals surface area contributed by atoms with E-state index in [1.165, 1.54) is 4.88 Å². The number of hydrogen-bond acceptors (Lipinski definition) is 3. The Balaban J connectivity index is 2.30. The van der Waals surface area contributed by atoms with Crippen molar-refractivity contribution in [3.05, 3.63) is 22.4 Å². The lowest BCUT2D eigenvalue weighted by molar-refractivity contribution is 0.928. The zero-order valence-corrected chi connectivity index (χ0v) is 6.71. The average molecular weight is 159 g/mol. The van der Waals surface area contributed by atoms with Crippen LogP contribution in [0.4, 0.5) is 0 Å². The zero-order valence-electron chi connectivity index (χ0n) is 5.00. The highest BCUT2D eigenvalue weighted by Gasteiger charge is 1.89. The molecule has 1 N–H and O–H groups in total. The van der Waals surface area contributed by atoms with Crippen LogP contribution in [0.25, 0.3) is 0 Å². The van der Waals surface area contributed by atoms with E-state index in [0.717, 1.165) is 13.0 Å². The molecule has 0 bridgehead atoms. The van der Waals surface area contributed by atoms with Gasteiger partial charge in [0.2, 0.25) is 0 Å². The zero-order chi connectivity index (χ0) is 6.53. The quantitative estimate of drug-likeness (QED) is 0.640. The van der Waals surface area contributed by atoms with Gasteiger partial charge in [-0.25, -0.2) is 0 Å². The predicted molar refractivity (Wildman–Crippen MR) is 45.0 cm³/mol. The van der Waals surface area contributed by atoms with Crippen LogP contribution >= 0.6 is 24.2 Å². The maximum Gasteiger partial charge on any atom is 0.0105 e. The highest BCUT2D eigenvalue weighted by atomic mass is 32.1. The van der Waals surface area contributed by atoms with Gasteiger partial charge in [0.1, 0.15) is 0 Å². The van der Waals surface area contributed by atoms with Crippen molar-refractivity contribution in [2.24, 2.45) is 0 Å². The van der Waals surface area contributed by atoms with Crippen molar-refractivity contribution in [1.82, 2.24) is 4.72 Å². The van der Waals surface area contributed by atoms with Gasteiger partial charge in [-0.3, -0.25) is 4.72 Å². The Bertz CT molecular complexity index is 148. The molecule has 9 heavy (non-hydrogen) atoms. The van der Waals surface area contributed by atoms with E-state index in [2.05, 4.69) is 35.0 Å². The summed E-state index contributed by atoms with van der Waals surface area (Å²) in [4.78, 5) is 1.41. The summed E-state index contributed by atoms with van der Waals surface area (Å²) in [5.41, 5.74) is 0. The van der Waals surface area contributed by atoms with Gasteiger partial charge in [-0.1, -0.05) is 18.9 Å². The SMILES string of the molecule is SNCCc1cccs1. The first-order chi connectivity index (χ1) is 4.43. The van der Waals surface area contributed by atoms with Crippen LogP contribution in [0.15, 0.2) is 17.5 Å². The van der Waals surface area contributed by atoms with Gasteiger partial charge in [-0.05, 0) is 17.9 Å². The molecule has 1 heterocycles. The molecule has 0 saturated heterocycles. The summed E-state index contributed by atoms with van der Waals surface area (Å²) in [5, 5.41) is 2.09. The summed E-state index contributed by atoms with van der Waals surface area (Å²) in [6, 6.07) is 4.20. The number of hydrogen-bond donors (Lipinski definition) is 2.